The van der Waals surface area contributed by atoms with Gasteiger partial charge in [-0.1, -0.05) is 109 Å². The van der Waals surface area contributed by atoms with Gasteiger partial charge in [0, 0.05) is 11.8 Å². The van der Waals surface area contributed by atoms with E-state index in [9.17, 15) is 0 Å². The Kier molecular flexibility index (Phi) is 5.30. The summed E-state index contributed by atoms with van der Waals surface area (Å²) in [6.45, 7) is 4.32. The summed E-state index contributed by atoms with van der Waals surface area (Å²) in [6, 6.07) is 44.0. The van der Waals surface area contributed by atoms with Gasteiger partial charge < -0.3 is 0 Å². The van der Waals surface area contributed by atoms with E-state index in [0.717, 1.165) is 11.3 Å². The van der Waals surface area contributed by atoms with Crippen molar-refractivity contribution >= 4 is 32.3 Å². The van der Waals surface area contributed by atoms with Crippen LogP contribution in [0.5, 0.6) is 0 Å². The fourth-order valence-electron chi connectivity index (χ4n) is 6.02. The molecule has 0 bridgehead atoms. The van der Waals surface area contributed by atoms with Crippen LogP contribution in [0.15, 0.2) is 128 Å². The summed E-state index contributed by atoms with van der Waals surface area (Å²) in [5.74, 6) is 0. The number of rotatable bonds is 3. The first-order valence-electron chi connectivity index (χ1n) is 13.2. The third-order valence-electron chi connectivity index (χ3n) is 7.78. The van der Waals surface area contributed by atoms with Crippen molar-refractivity contribution in [1.82, 2.24) is 4.98 Å². The topological polar surface area (TPSA) is 12.9 Å². The van der Waals surface area contributed by atoms with Gasteiger partial charge in [-0.2, -0.15) is 0 Å². The third-order valence-corrected chi connectivity index (χ3v) is 7.78. The summed E-state index contributed by atoms with van der Waals surface area (Å²) in [4.78, 5) is 4.70. The highest BCUT2D eigenvalue weighted by atomic mass is 14.7. The molecule has 0 fully saturated rings. The van der Waals surface area contributed by atoms with Crippen molar-refractivity contribution in [3.05, 3.63) is 139 Å². The smallest absolute Gasteiger partial charge is 0.0731 e. The Morgan fingerprint density at radius 2 is 0.974 bits per heavy atom. The molecule has 1 heteroatoms. The molecule has 0 unspecified atom stereocenters. The number of benzene rings is 6. The van der Waals surface area contributed by atoms with Crippen molar-refractivity contribution in [2.24, 2.45) is 0 Å². The molecule has 0 N–H and O–H groups in total. The van der Waals surface area contributed by atoms with E-state index in [2.05, 4.69) is 129 Å². The Hall–Kier alpha value is -4.75. The van der Waals surface area contributed by atoms with Crippen LogP contribution < -0.4 is 0 Å². The minimum Gasteiger partial charge on any atom is -0.256 e. The van der Waals surface area contributed by atoms with Crippen molar-refractivity contribution in [2.75, 3.05) is 0 Å². The number of nitrogens with zero attached hydrogens (tertiary/aromatic N) is 1. The lowest BCUT2D eigenvalue weighted by atomic mass is 9.84. The van der Waals surface area contributed by atoms with Crippen LogP contribution in [0.1, 0.15) is 11.1 Å². The van der Waals surface area contributed by atoms with Gasteiger partial charge in [-0.3, -0.25) is 4.98 Å². The Bertz CT molecular complexity index is 1940. The molecule has 6 aromatic carbocycles. The maximum atomic E-state index is 4.70. The lowest BCUT2D eigenvalue weighted by Gasteiger charge is -2.19. The molecule has 0 atom stereocenters. The number of hydrogen-bond acceptors (Lipinski definition) is 1. The molecule has 0 aliphatic heterocycles. The van der Waals surface area contributed by atoms with Crippen LogP contribution in [-0.4, -0.2) is 4.98 Å². The second-order valence-electron chi connectivity index (χ2n) is 10.1. The molecule has 0 spiro atoms. The van der Waals surface area contributed by atoms with Crippen molar-refractivity contribution in [3.63, 3.8) is 0 Å². The Morgan fingerprint density at radius 1 is 0.421 bits per heavy atom. The van der Waals surface area contributed by atoms with E-state index < -0.39 is 0 Å². The summed E-state index contributed by atoms with van der Waals surface area (Å²) in [7, 11) is 0. The average molecular weight is 486 g/mol. The summed E-state index contributed by atoms with van der Waals surface area (Å²) >= 11 is 0. The van der Waals surface area contributed by atoms with Gasteiger partial charge in [-0.15, -0.1) is 0 Å². The van der Waals surface area contributed by atoms with E-state index >= 15 is 0 Å². The summed E-state index contributed by atoms with van der Waals surface area (Å²) < 4.78 is 0. The van der Waals surface area contributed by atoms with E-state index in [1.807, 2.05) is 12.3 Å². The lowest BCUT2D eigenvalue weighted by molar-refractivity contribution is 1.27. The quantitative estimate of drug-likeness (QED) is 0.227. The van der Waals surface area contributed by atoms with Crippen LogP contribution in [0.4, 0.5) is 0 Å². The zero-order valence-electron chi connectivity index (χ0n) is 21.6. The largest absolute Gasteiger partial charge is 0.256 e. The third kappa shape index (κ3) is 3.51. The van der Waals surface area contributed by atoms with Gasteiger partial charge in [0.1, 0.15) is 0 Å². The first kappa shape index (κ1) is 22.4. The van der Waals surface area contributed by atoms with Gasteiger partial charge in [-0.05, 0) is 91.7 Å². The molecule has 0 amide bonds. The molecule has 7 aromatic rings. The molecule has 7 rings (SSSR count). The zero-order chi connectivity index (χ0) is 25.6. The Labute approximate surface area is 223 Å². The summed E-state index contributed by atoms with van der Waals surface area (Å²) in [5.41, 5.74) is 9.72. The van der Waals surface area contributed by atoms with Gasteiger partial charge in [-0.25, -0.2) is 0 Å². The molecule has 1 aromatic heterocycles. The first-order chi connectivity index (χ1) is 18.7. The van der Waals surface area contributed by atoms with Crippen LogP contribution in [-0.2, 0) is 0 Å². The number of aryl methyl sites for hydroxylation is 2. The molecule has 38 heavy (non-hydrogen) atoms. The van der Waals surface area contributed by atoms with E-state index in [0.29, 0.717) is 0 Å². The monoisotopic (exact) mass is 485 g/mol. The van der Waals surface area contributed by atoms with Gasteiger partial charge in [0.15, 0.2) is 0 Å². The zero-order valence-corrected chi connectivity index (χ0v) is 21.6. The van der Waals surface area contributed by atoms with Crippen LogP contribution in [0.25, 0.3) is 65.8 Å². The molecular formula is C37H27N. The highest BCUT2D eigenvalue weighted by Crippen LogP contribution is 2.45. The van der Waals surface area contributed by atoms with E-state index in [1.165, 1.54) is 65.7 Å². The predicted octanol–water partition coefficient (Wildman–Crippen LogP) is 10.2. The fraction of sp³-hybridized carbons (Fsp3) is 0.0541. The number of pyridine rings is 1. The van der Waals surface area contributed by atoms with Crippen LogP contribution >= 0.6 is 0 Å². The predicted molar refractivity (Wildman–Crippen MR) is 163 cm³/mol. The van der Waals surface area contributed by atoms with Crippen LogP contribution in [0, 0.1) is 13.8 Å². The fourth-order valence-corrected chi connectivity index (χ4v) is 6.02. The molecular weight excluding hydrogens is 458 g/mol. The minimum atomic E-state index is 1.03. The summed E-state index contributed by atoms with van der Waals surface area (Å²) in [6.07, 6.45) is 1.88. The highest BCUT2D eigenvalue weighted by Gasteiger charge is 2.18. The van der Waals surface area contributed by atoms with Gasteiger partial charge in [0.05, 0.1) is 5.69 Å². The molecule has 0 saturated heterocycles. The molecule has 0 aliphatic rings. The second kappa shape index (κ2) is 8.97. The van der Waals surface area contributed by atoms with E-state index in [1.54, 1.807) is 0 Å². The average Bonchev–Trinajstić information content (AvgIpc) is 2.96. The van der Waals surface area contributed by atoms with Gasteiger partial charge in [0.2, 0.25) is 0 Å². The molecule has 1 nitrogen and oxygen atoms in total. The molecule has 180 valence electrons. The van der Waals surface area contributed by atoms with Gasteiger partial charge in [0.25, 0.3) is 0 Å². The first-order valence-corrected chi connectivity index (χ1v) is 13.2. The standard InChI is InChI=1S/C37H27N/c1-24-11-7-20-29-28(24)19-9-21-30(29)36-33-17-5-3-15-31(33)35(32-16-4-6-18-34(32)36)26-13-8-14-27(23-26)37-25(2)12-10-22-38-37/h3-23H,1-2H3. The minimum absolute atomic E-state index is 1.03. The van der Waals surface area contributed by atoms with Crippen molar-refractivity contribution < 1.29 is 0 Å². The van der Waals surface area contributed by atoms with Crippen LogP contribution in [0.3, 0.4) is 0 Å². The Balaban J connectivity index is 1.59. The SMILES string of the molecule is Cc1cccnc1-c1cccc(-c2c3ccccc3c(-c3cccc4c(C)cccc34)c3ccccc23)c1. The highest BCUT2D eigenvalue weighted by molar-refractivity contribution is 6.23. The number of aromatic nitrogens is 1. The normalized spacial score (nSPS) is 11.4. The lowest BCUT2D eigenvalue weighted by Crippen LogP contribution is -1.93. The number of hydrogen-bond donors (Lipinski definition) is 0. The van der Waals surface area contributed by atoms with E-state index in [4.69, 9.17) is 4.98 Å². The Morgan fingerprint density at radius 3 is 1.68 bits per heavy atom. The summed E-state index contributed by atoms with van der Waals surface area (Å²) in [5, 5.41) is 7.68. The molecule has 0 saturated carbocycles. The van der Waals surface area contributed by atoms with E-state index in [-0.39, 0.29) is 0 Å². The maximum absolute atomic E-state index is 4.70. The number of fused-ring (bicyclic) bond motifs is 3. The van der Waals surface area contributed by atoms with Crippen LogP contribution in [0.2, 0.25) is 0 Å². The van der Waals surface area contributed by atoms with Crippen molar-refractivity contribution in [3.8, 4) is 33.5 Å². The second-order valence-corrected chi connectivity index (χ2v) is 10.1. The van der Waals surface area contributed by atoms with Gasteiger partial charge >= 0.3 is 0 Å². The van der Waals surface area contributed by atoms with Crippen molar-refractivity contribution in [1.29, 1.82) is 0 Å². The van der Waals surface area contributed by atoms with Crippen molar-refractivity contribution in [2.45, 2.75) is 13.8 Å². The molecule has 0 aliphatic carbocycles. The molecule has 1 heterocycles. The molecule has 0 radical (unpaired) electrons. The maximum Gasteiger partial charge on any atom is 0.0731 e.